The van der Waals surface area contributed by atoms with Crippen molar-refractivity contribution in [2.45, 2.75) is 24.7 Å². The number of halogens is 6. The Labute approximate surface area is 142 Å². The fourth-order valence-corrected chi connectivity index (χ4v) is 3.80. The van der Waals surface area contributed by atoms with Crippen molar-refractivity contribution in [2.75, 3.05) is 0 Å². The molecule has 1 aliphatic carbocycles. The van der Waals surface area contributed by atoms with Crippen LogP contribution in [-0.2, 0) is 4.79 Å². The Morgan fingerprint density at radius 2 is 1.56 bits per heavy atom. The summed E-state index contributed by atoms with van der Waals surface area (Å²) in [4.78, 5) is 11.6. The van der Waals surface area contributed by atoms with Crippen LogP contribution in [0.1, 0.15) is 10.4 Å². The molecule has 1 aromatic heterocycles. The summed E-state index contributed by atoms with van der Waals surface area (Å²) in [5.41, 5.74) is -3.32. The Bertz CT molecular complexity index is 867. The molecule has 1 nitrogen and oxygen atoms in total. The highest BCUT2D eigenvalue weighted by Gasteiger charge is 2.80. The first-order valence-electron chi connectivity index (χ1n) is 7.05. The fourth-order valence-electron chi connectivity index (χ4n) is 2.77. The second kappa shape index (κ2) is 5.45. The molecular formula is C17H10F6OS. The highest BCUT2D eigenvalue weighted by atomic mass is 32.1. The molecule has 0 fully saturated rings. The number of hydrogen-bond donors (Lipinski definition) is 0. The molecule has 0 aliphatic heterocycles. The summed E-state index contributed by atoms with van der Waals surface area (Å²) in [5, 5.41) is 0. The monoisotopic (exact) mass is 376 g/mol. The zero-order valence-electron chi connectivity index (χ0n) is 12.6. The number of thiophene rings is 1. The van der Waals surface area contributed by atoms with Gasteiger partial charge in [0, 0.05) is 15.3 Å². The van der Waals surface area contributed by atoms with Gasteiger partial charge in [0.15, 0.2) is 6.29 Å². The van der Waals surface area contributed by atoms with Gasteiger partial charge in [-0.15, -0.1) is 11.3 Å². The Balaban J connectivity index is 2.25. The molecule has 0 spiro atoms. The summed E-state index contributed by atoms with van der Waals surface area (Å²) in [6.45, 7) is 1.35. The van der Waals surface area contributed by atoms with E-state index in [2.05, 4.69) is 0 Å². The Hall–Kier alpha value is -2.09. The standard InChI is InChI=1S/C17H10F6OS/c1-9-11(7-13(25-9)10-5-3-2-4-6-10)14-12(8-24)15(18,19)17(22,23)16(14,20)21/h2-8H,1H3. The lowest BCUT2D eigenvalue weighted by atomic mass is 9.99. The van der Waals surface area contributed by atoms with E-state index in [4.69, 9.17) is 0 Å². The normalized spacial score (nSPS) is 20.8. The number of benzene rings is 1. The predicted octanol–water partition coefficient (Wildman–Crippen LogP) is 5.60. The summed E-state index contributed by atoms with van der Waals surface area (Å²) < 4.78 is 83.1. The first-order valence-corrected chi connectivity index (χ1v) is 7.87. The van der Waals surface area contributed by atoms with E-state index < -0.39 is 40.8 Å². The number of carbonyl (C=O) groups is 1. The molecule has 0 saturated carbocycles. The lowest BCUT2D eigenvalue weighted by Crippen LogP contribution is -2.49. The molecule has 8 heteroatoms. The third-order valence-corrected chi connectivity index (χ3v) is 5.17. The van der Waals surface area contributed by atoms with Gasteiger partial charge in [0.1, 0.15) is 0 Å². The first-order chi connectivity index (χ1) is 11.6. The van der Waals surface area contributed by atoms with Crippen molar-refractivity contribution in [3.63, 3.8) is 0 Å². The van der Waals surface area contributed by atoms with Gasteiger partial charge in [-0.3, -0.25) is 4.79 Å². The Morgan fingerprint density at radius 1 is 0.960 bits per heavy atom. The molecule has 0 N–H and O–H groups in total. The van der Waals surface area contributed by atoms with E-state index in [1.807, 2.05) is 0 Å². The largest absolute Gasteiger partial charge is 0.380 e. The summed E-state index contributed by atoms with van der Waals surface area (Å²) in [6.07, 6.45) is -0.608. The van der Waals surface area contributed by atoms with Gasteiger partial charge >= 0.3 is 17.8 Å². The minimum absolute atomic E-state index is 0.140. The highest BCUT2D eigenvalue weighted by molar-refractivity contribution is 7.15. The van der Waals surface area contributed by atoms with Crippen LogP contribution in [0.4, 0.5) is 26.3 Å². The van der Waals surface area contributed by atoms with Crippen LogP contribution in [0.2, 0.25) is 0 Å². The molecule has 0 bridgehead atoms. The Morgan fingerprint density at radius 3 is 2.12 bits per heavy atom. The molecule has 0 amide bonds. The van der Waals surface area contributed by atoms with Gasteiger partial charge in [0.05, 0.1) is 5.57 Å². The molecule has 0 atom stereocenters. The van der Waals surface area contributed by atoms with Crippen molar-refractivity contribution in [3.8, 4) is 10.4 Å². The molecule has 3 rings (SSSR count). The Kier molecular flexibility index (Phi) is 3.87. The second-order valence-corrected chi connectivity index (χ2v) is 6.83. The van der Waals surface area contributed by atoms with Crippen LogP contribution in [0.5, 0.6) is 0 Å². The summed E-state index contributed by atoms with van der Waals surface area (Å²) in [7, 11) is 0. The van der Waals surface area contributed by atoms with Gasteiger partial charge in [-0.1, -0.05) is 30.3 Å². The molecule has 2 aromatic rings. The third-order valence-electron chi connectivity index (χ3n) is 4.07. The van der Waals surface area contributed by atoms with Crippen molar-refractivity contribution >= 4 is 23.2 Å². The summed E-state index contributed by atoms with van der Waals surface area (Å²) in [5.74, 6) is -16.1. The third kappa shape index (κ3) is 2.27. The van der Waals surface area contributed by atoms with E-state index in [-0.39, 0.29) is 4.88 Å². The van der Waals surface area contributed by atoms with Crippen molar-refractivity contribution in [1.82, 2.24) is 0 Å². The van der Waals surface area contributed by atoms with Gasteiger partial charge in [-0.2, -0.15) is 26.3 Å². The van der Waals surface area contributed by atoms with Crippen LogP contribution in [0, 0.1) is 6.92 Å². The van der Waals surface area contributed by atoms with Gasteiger partial charge in [-0.25, -0.2) is 0 Å². The molecule has 0 radical (unpaired) electrons. The number of carbonyl (C=O) groups excluding carboxylic acids is 1. The summed E-state index contributed by atoms with van der Waals surface area (Å²) in [6, 6.07) is 9.57. The lowest BCUT2D eigenvalue weighted by Gasteiger charge is -2.25. The van der Waals surface area contributed by atoms with Crippen molar-refractivity contribution in [1.29, 1.82) is 0 Å². The van der Waals surface area contributed by atoms with Crippen LogP contribution < -0.4 is 0 Å². The maximum absolute atomic E-state index is 14.2. The predicted molar refractivity (Wildman–Crippen MR) is 82.3 cm³/mol. The minimum atomic E-state index is -5.67. The van der Waals surface area contributed by atoms with Crippen molar-refractivity contribution in [3.05, 3.63) is 52.4 Å². The van der Waals surface area contributed by atoms with E-state index in [9.17, 15) is 31.1 Å². The van der Waals surface area contributed by atoms with E-state index in [1.165, 1.54) is 6.92 Å². The number of aldehydes is 1. The maximum atomic E-state index is 14.2. The molecule has 0 saturated heterocycles. The van der Waals surface area contributed by atoms with Gasteiger partial charge in [0.25, 0.3) is 0 Å². The quantitative estimate of drug-likeness (QED) is 0.504. The number of allylic oxidation sites excluding steroid dienone is 2. The maximum Gasteiger partial charge on any atom is 0.380 e. The molecule has 132 valence electrons. The topological polar surface area (TPSA) is 17.1 Å². The minimum Gasteiger partial charge on any atom is -0.298 e. The van der Waals surface area contributed by atoms with Gasteiger partial charge in [-0.05, 0) is 24.1 Å². The molecule has 1 heterocycles. The molecule has 25 heavy (non-hydrogen) atoms. The number of alkyl halides is 6. The second-order valence-electron chi connectivity index (χ2n) is 5.58. The van der Waals surface area contributed by atoms with Gasteiger partial charge < -0.3 is 0 Å². The van der Waals surface area contributed by atoms with E-state index in [0.29, 0.717) is 10.4 Å². The number of hydrogen-bond acceptors (Lipinski definition) is 2. The van der Waals surface area contributed by atoms with Crippen LogP contribution in [0.25, 0.3) is 16.0 Å². The number of rotatable bonds is 3. The molecule has 1 aromatic carbocycles. The lowest BCUT2D eigenvalue weighted by molar-refractivity contribution is -0.259. The van der Waals surface area contributed by atoms with Gasteiger partial charge in [0.2, 0.25) is 0 Å². The van der Waals surface area contributed by atoms with Crippen molar-refractivity contribution < 1.29 is 31.1 Å². The zero-order chi connectivity index (χ0) is 18.6. The van der Waals surface area contributed by atoms with Crippen molar-refractivity contribution in [2.24, 2.45) is 0 Å². The number of aryl methyl sites for hydroxylation is 1. The van der Waals surface area contributed by atoms with Crippen LogP contribution in [0.3, 0.4) is 0 Å². The summed E-state index contributed by atoms with van der Waals surface area (Å²) >= 11 is 0.995. The molecule has 1 aliphatic rings. The van der Waals surface area contributed by atoms with E-state index in [0.717, 1.165) is 17.4 Å². The SMILES string of the molecule is Cc1sc(-c2ccccc2)cc1C1=C(C=O)C(F)(F)C(F)(F)C1(F)F. The van der Waals surface area contributed by atoms with E-state index in [1.54, 1.807) is 30.3 Å². The molecule has 0 unspecified atom stereocenters. The smallest absolute Gasteiger partial charge is 0.298 e. The average molecular weight is 376 g/mol. The highest BCUT2D eigenvalue weighted by Crippen LogP contribution is 2.62. The fraction of sp³-hybridized carbons (Fsp3) is 0.235. The van der Waals surface area contributed by atoms with Crippen LogP contribution >= 0.6 is 11.3 Å². The van der Waals surface area contributed by atoms with Crippen LogP contribution in [-0.4, -0.2) is 24.1 Å². The average Bonchev–Trinajstić information content (AvgIpc) is 2.97. The first kappa shape index (κ1) is 17.7. The molecular weight excluding hydrogens is 366 g/mol. The zero-order valence-corrected chi connectivity index (χ0v) is 13.4. The van der Waals surface area contributed by atoms with Crippen LogP contribution in [0.15, 0.2) is 42.0 Å². The van der Waals surface area contributed by atoms with E-state index >= 15 is 0 Å².